The number of aryl methyl sites for hydroxylation is 1. The quantitative estimate of drug-likeness (QED) is 0.580. The van der Waals surface area contributed by atoms with Gasteiger partial charge in [0.05, 0.1) is 15.5 Å². The molecule has 0 amide bonds. The Morgan fingerprint density at radius 3 is 2.59 bits per heavy atom. The molecule has 1 aromatic heterocycles. The van der Waals surface area contributed by atoms with Crippen LogP contribution in [0, 0.1) is 0 Å². The summed E-state index contributed by atoms with van der Waals surface area (Å²) in [7, 11) is -3.72. The van der Waals surface area contributed by atoms with E-state index in [0.717, 1.165) is 6.42 Å². The van der Waals surface area contributed by atoms with Crippen molar-refractivity contribution in [3.05, 3.63) is 40.5 Å². The van der Waals surface area contributed by atoms with Crippen molar-refractivity contribution in [2.45, 2.75) is 45.1 Å². The fraction of sp³-hybridized carbons (Fsp3) is 0.471. The van der Waals surface area contributed by atoms with Gasteiger partial charge in [0.1, 0.15) is 0 Å². The van der Waals surface area contributed by atoms with Gasteiger partial charge in [0.2, 0.25) is 10.0 Å². The summed E-state index contributed by atoms with van der Waals surface area (Å²) >= 11 is 6.05. The first-order valence-electron chi connectivity index (χ1n) is 8.61. The van der Waals surface area contributed by atoms with E-state index in [-0.39, 0.29) is 28.0 Å². The summed E-state index contributed by atoms with van der Waals surface area (Å²) in [6.45, 7) is 5.87. The van der Waals surface area contributed by atoms with Crippen LogP contribution in [0.4, 0.5) is 0 Å². The summed E-state index contributed by atoms with van der Waals surface area (Å²) in [4.78, 5) is 16.4. The first-order chi connectivity index (χ1) is 12.8. The summed E-state index contributed by atoms with van der Waals surface area (Å²) in [5.74, 6) is -0.0735. The summed E-state index contributed by atoms with van der Waals surface area (Å²) in [5.41, 5.74) is -0.0433. The number of nitrogens with zero attached hydrogens (tertiary/aromatic N) is 3. The van der Waals surface area contributed by atoms with Crippen molar-refractivity contribution in [3.63, 3.8) is 0 Å². The Kier molecular flexibility index (Phi) is 7.34. The highest BCUT2D eigenvalue weighted by atomic mass is 35.5. The van der Waals surface area contributed by atoms with E-state index in [9.17, 15) is 13.2 Å². The molecule has 0 N–H and O–H groups in total. The number of esters is 1. The zero-order valence-corrected chi connectivity index (χ0v) is 17.0. The molecule has 10 heteroatoms. The van der Waals surface area contributed by atoms with Gasteiger partial charge in [0.25, 0.3) is 5.89 Å². The lowest BCUT2D eigenvalue weighted by Crippen LogP contribution is -2.30. The lowest BCUT2D eigenvalue weighted by Gasteiger charge is -2.18. The minimum Gasteiger partial charge on any atom is -0.452 e. The Morgan fingerprint density at radius 1 is 1.26 bits per heavy atom. The Labute approximate surface area is 163 Å². The van der Waals surface area contributed by atoms with Gasteiger partial charge in [-0.25, -0.2) is 13.2 Å². The largest absolute Gasteiger partial charge is 0.452 e. The van der Waals surface area contributed by atoms with E-state index in [2.05, 4.69) is 10.1 Å². The number of carbonyl (C=O) groups excluding carboxylic acids is 1. The van der Waals surface area contributed by atoms with E-state index in [1.165, 1.54) is 22.5 Å². The molecule has 148 valence electrons. The molecule has 8 nitrogen and oxygen atoms in total. The van der Waals surface area contributed by atoms with Crippen molar-refractivity contribution in [1.29, 1.82) is 0 Å². The summed E-state index contributed by atoms with van der Waals surface area (Å²) in [6.07, 6.45) is 1.52. The topological polar surface area (TPSA) is 103 Å². The average molecular weight is 416 g/mol. The van der Waals surface area contributed by atoms with Gasteiger partial charge < -0.3 is 9.26 Å². The van der Waals surface area contributed by atoms with Crippen LogP contribution in [0.15, 0.2) is 27.6 Å². The SMILES string of the molecule is CCCc1noc(COC(=O)c2cc(S(=O)(=O)N(CC)CC)ccc2Cl)n1. The van der Waals surface area contributed by atoms with E-state index in [4.69, 9.17) is 20.9 Å². The molecule has 0 saturated heterocycles. The molecule has 2 rings (SSSR count). The Balaban J connectivity index is 2.18. The lowest BCUT2D eigenvalue weighted by molar-refractivity contribution is 0.0429. The fourth-order valence-corrected chi connectivity index (χ4v) is 4.09. The van der Waals surface area contributed by atoms with E-state index in [0.29, 0.717) is 25.3 Å². The maximum absolute atomic E-state index is 12.6. The third kappa shape index (κ3) is 5.06. The van der Waals surface area contributed by atoms with Gasteiger partial charge in [-0.1, -0.05) is 37.5 Å². The maximum Gasteiger partial charge on any atom is 0.340 e. The molecule has 0 aliphatic rings. The fourth-order valence-electron chi connectivity index (χ4n) is 2.41. The summed E-state index contributed by atoms with van der Waals surface area (Å²) < 4.78 is 36.7. The number of benzene rings is 1. The van der Waals surface area contributed by atoms with Crippen LogP contribution in [0.25, 0.3) is 0 Å². The van der Waals surface area contributed by atoms with E-state index < -0.39 is 16.0 Å². The van der Waals surface area contributed by atoms with Gasteiger partial charge in [0.15, 0.2) is 12.4 Å². The third-order valence-electron chi connectivity index (χ3n) is 3.81. The minimum atomic E-state index is -3.72. The van der Waals surface area contributed by atoms with Gasteiger partial charge in [-0.15, -0.1) is 0 Å². The highest BCUT2D eigenvalue weighted by molar-refractivity contribution is 7.89. The Hall–Kier alpha value is -1.97. The second-order valence-electron chi connectivity index (χ2n) is 5.66. The molecule has 27 heavy (non-hydrogen) atoms. The number of halogens is 1. The number of rotatable bonds is 9. The van der Waals surface area contributed by atoms with Crippen LogP contribution in [-0.2, 0) is 27.8 Å². The second-order valence-corrected chi connectivity index (χ2v) is 8.01. The predicted octanol–water partition coefficient (Wildman–Crippen LogP) is 3.06. The van der Waals surface area contributed by atoms with Crippen molar-refractivity contribution >= 4 is 27.6 Å². The normalized spacial score (nSPS) is 11.7. The molecule has 0 radical (unpaired) electrons. The highest BCUT2D eigenvalue weighted by Crippen LogP contribution is 2.24. The van der Waals surface area contributed by atoms with Crippen LogP contribution in [0.2, 0.25) is 5.02 Å². The standard InChI is InChI=1S/C17H22ClN3O5S/c1-4-7-15-19-16(26-20-15)11-25-17(22)13-10-12(8-9-14(13)18)27(23,24)21(5-2)6-3/h8-10H,4-7,11H2,1-3H3. The number of carbonyl (C=O) groups is 1. The molecule has 0 bridgehead atoms. The van der Waals surface area contributed by atoms with Crippen molar-refractivity contribution in [3.8, 4) is 0 Å². The van der Waals surface area contributed by atoms with Gasteiger partial charge in [0, 0.05) is 19.5 Å². The molecule has 0 atom stereocenters. The van der Waals surface area contributed by atoms with E-state index in [1.807, 2.05) is 6.92 Å². The Morgan fingerprint density at radius 2 is 1.96 bits per heavy atom. The van der Waals surface area contributed by atoms with Gasteiger partial charge in [-0.05, 0) is 24.6 Å². The number of aromatic nitrogens is 2. The molecule has 2 aromatic rings. The molecule has 0 unspecified atom stereocenters. The lowest BCUT2D eigenvalue weighted by atomic mass is 10.2. The predicted molar refractivity (Wildman–Crippen MR) is 99.0 cm³/mol. The number of ether oxygens (including phenoxy) is 1. The van der Waals surface area contributed by atoms with Crippen LogP contribution in [0.3, 0.4) is 0 Å². The van der Waals surface area contributed by atoms with Crippen LogP contribution in [0.1, 0.15) is 49.3 Å². The zero-order chi connectivity index (χ0) is 20.0. The van der Waals surface area contributed by atoms with Gasteiger partial charge in [-0.3, -0.25) is 0 Å². The zero-order valence-electron chi connectivity index (χ0n) is 15.4. The van der Waals surface area contributed by atoms with Gasteiger partial charge in [-0.2, -0.15) is 9.29 Å². The highest BCUT2D eigenvalue weighted by Gasteiger charge is 2.24. The summed E-state index contributed by atoms with van der Waals surface area (Å²) in [6, 6.07) is 3.94. The van der Waals surface area contributed by atoms with Gasteiger partial charge >= 0.3 is 5.97 Å². The first-order valence-corrected chi connectivity index (χ1v) is 10.4. The Bertz CT molecular complexity index is 894. The van der Waals surface area contributed by atoms with Crippen molar-refractivity contribution < 1.29 is 22.5 Å². The minimum absolute atomic E-state index is 0.0226. The smallest absolute Gasteiger partial charge is 0.340 e. The van der Waals surface area contributed by atoms with Crippen LogP contribution in [0.5, 0.6) is 0 Å². The average Bonchev–Trinajstić information content (AvgIpc) is 3.08. The first kappa shape index (κ1) is 21.3. The van der Waals surface area contributed by atoms with E-state index >= 15 is 0 Å². The molecule has 0 saturated carbocycles. The maximum atomic E-state index is 12.6. The third-order valence-corrected chi connectivity index (χ3v) is 6.19. The molecule has 0 aliphatic carbocycles. The number of hydrogen-bond donors (Lipinski definition) is 0. The van der Waals surface area contributed by atoms with Crippen molar-refractivity contribution in [2.75, 3.05) is 13.1 Å². The molecular weight excluding hydrogens is 394 g/mol. The number of hydrogen-bond acceptors (Lipinski definition) is 7. The van der Waals surface area contributed by atoms with Crippen LogP contribution in [-0.4, -0.2) is 41.9 Å². The molecule has 0 spiro atoms. The molecule has 0 aliphatic heterocycles. The number of sulfonamides is 1. The van der Waals surface area contributed by atoms with Crippen molar-refractivity contribution in [2.24, 2.45) is 0 Å². The molecular formula is C17H22ClN3O5S. The van der Waals surface area contributed by atoms with E-state index in [1.54, 1.807) is 13.8 Å². The molecule has 0 fully saturated rings. The molecule has 1 heterocycles. The second kappa shape index (κ2) is 9.29. The van der Waals surface area contributed by atoms with Crippen molar-refractivity contribution in [1.82, 2.24) is 14.4 Å². The summed E-state index contributed by atoms with van der Waals surface area (Å²) in [5, 5.41) is 3.86. The monoisotopic (exact) mass is 415 g/mol. The van der Waals surface area contributed by atoms with Crippen LogP contribution < -0.4 is 0 Å². The molecule has 1 aromatic carbocycles. The van der Waals surface area contributed by atoms with Crippen LogP contribution >= 0.6 is 11.6 Å².